The number of ether oxygens (including phenoxy) is 2. The van der Waals surface area contributed by atoms with Gasteiger partial charge in [0.25, 0.3) is 0 Å². The van der Waals surface area contributed by atoms with Gasteiger partial charge in [-0.2, -0.15) is 0 Å². The average molecular weight is 615 g/mol. The summed E-state index contributed by atoms with van der Waals surface area (Å²) in [6, 6.07) is 24.5. The predicted octanol–water partition coefficient (Wildman–Crippen LogP) is 6.53. The minimum atomic E-state index is -0.796. The Morgan fingerprint density at radius 1 is 0.800 bits per heavy atom. The molecule has 0 spiro atoms. The van der Waals surface area contributed by atoms with Crippen molar-refractivity contribution >= 4 is 11.9 Å². The first-order valence-corrected chi connectivity index (χ1v) is 16.4. The molecule has 0 radical (unpaired) electrons. The van der Waals surface area contributed by atoms with Crippen molar-refractivity contribution in [3.05, 3.63) is 95.1 Å². The van der Waals surface area contributed by atoms with E-state index >= 15 is 0 Å². The van der Waals surface area contributed by atoms with Crippen LogP contribution < -0.4 is 5.32 Å². The molecule has 2 fully saturated rings. The summed E-state index contributed by atoms with van der Waals surface area (Å²) in [6.07, 6.45) is 6.52. The second-order valence-corrected chi connectivity index (χ2v) is 12.3. The number of aliphatic hydroxyl groups is 1. The van der Waals surface area contributed by atoms with Crippen molar-refractivity contribution in [2.45, 2.75) is 89.4 Å². The molecule has 2 aliphatic heterocycles. The second kappa shape index (κ2) is 16.7. The van der Waals surface area contributed by atoms with E-state index in [0.29, 0.717) is 25.8 Å². The molecule has 3 aromatic rings. The Labute approximate surface area is 266 Å². The Morgan fingerprint density at radius 3 is 2.29 bits per heavy atom. The molecular weight excluding hydrogens is 568 g/mol. The average Bonchev–Trinajstić information content (AvgIpc) is 3.07. The third-order valence-corrected chi connectivity index (χ3v) is 8.73. The van der Waals surface area contributed by atoms with E-state index in [2.05, 4.69) is 52.7 Å². The van der Waals surface area contributed by atoms with Crippen molar-refractivity contribution in [2.75, 3.05) is 19.6 Å². The fourth-order valence-electron chi connectivity index (χ4n) is 6.22. The molecule has 2 heterocycles. The van der Waals surface area contributed by atoms with Crippen LogP contribution >= 0.6 is 0 Å². The molecule has 0 bridgehead atoms. The van der Waals surface area contributed by atoms with Crippen LogP contribution in [0.4, 0.5) is 0 Å². The fraction of sp³-hybridized carbons (Fsp3) is 0.459. The summed E-state index contributed by atoms with van der Waals surface area (Å²) in [7, 11) is 0. The number of nitrogens with one attached hydrogen (secondary N) is 1. The first-order valence-electron chi connectivity index (χ1n) is 16.4. The zero-order valence-corrected chi connectivity index (χ0v) is 26.0. The van der Waals surface area contributed by atoms with Gasteiger partial charge in [0.2, 0.25) is 5.91 Å². The lowest BCUT2D eigenvalue weighted by Gasteiger charge is -2.39. The van der Waals surface area contributed by atoms with Gasteiger partial charge in [0.15, 0.2) is 6.29 Å². The van der Waals surface area contributed by atoms with E-state index in [-0.39, 0.29) is 31.1 Å². The molecular formula is C37H46N2O6. The summed E-state index contributed by atoms with van der Waals surface area (Å²) >= 11 is 0. The maximum Gasteiger partial charge on any atom is 0.303 e. The third kappa shape index (κ3) is 9.96. The molecule has 8 nitrogen and oxygen atoms in total. The number of carbonyl (C=O) groups excluding carboxylic acids is 1. The SMILES string of the molecule is O=C(O)CCCCCC(=O)NCc1cccc(-c2cccc(C3OC(CN4CCCCC4)CC(c4ccc(CO)cc4)O3)c2)c1. The molecule has 1 amide bonds. The first-order chi connectivity index (χ1) is 22.0. The van der Waals surface area contributed by atoms with E-state index in [1.807, 2.05) is 30.3 Å². The lowest BCUT2D eigenvalue weighted by atomic mass is 9.98. The van der Waals surface area contributed by atoms with E-state index in [9.17, 15) is 14.7 Å². The van der Waals surface area contributed by atoms with E-state index in [4.69, 9.17) is 14.6 Å². The maximum atomic E-state index is 12.3. The van der Waals surface area contributed by atoms with Gasteiger partial charge in [-0.15, -0.1) is 0 Å². The third-order valence-electron chi connectivity index (χ3n) is 8.73. The Kier molecular flexibility index (Phi) is 12.2. The highest BCUT2D eigenvalue weighted by atomic mass is 16.7. The number of rotatable bonds is 14. The summed E-state index contributed by atoms with van der Waals surface area (Å²) in [5.41, 5.74) is 6.05. The van der Waals surface area contributed by atoms with E-state index in [0.717, 1.165) is 65.9 Å². The quantitative estimate of drug-likeness (QED) is 0.177. The number of aliphatic hydroxyl groups excluding tert-OH is 1. The molecule has 0 aromatic heterocycles. The topological polar surface area (TPSA) is 108 Å². The van der Waals surface area contributed by atoms with Crippen LogP contribution in [0.25, 0.3) is 11.1 Å². The summed E-state index contributed by atoms with van der Waals surface area (Å²) in [5, 5.41) is 21.3. The lowest BCUT2D eigenvalue weighted by Crippen LogP contribution is -2.41. The summed E-state index contributed by atoms with van der Waals surface area (Å²) in [6.45, 7) is 3.57. The molecule has 0 saturated carbocycles. The Morgan fingerprint density at radius 2 is 1.53 bits per heavy atom. The Hall–Kier alpha value is -3.56. The number of nitrogens with zero attached hydrogens (tertiary/aromatic N) is 1. The molecule has 2 saturated heterocycles. The van der Waals surface area contributed by atoms with Crippen LogP contribution in [0.5, 0.6) is 0 Å². The van der Waals surface area contributed by atoms with E-state index < -0.39 is 12.3 Å². The summed E-state index contributed by atoms with van der Waals surface area (Å²) in [4.78, 5) is 25.5. The van der Waals surface area contributed by atoms with Gasteiger partial charge in [0.05, 0.1) is 18.8 Å². The van der Waals surface area contributed by atoms with Gasteiger partial charge in [0.1, 0.15) is 0 Å². The van der Waals surface area contributed by atoms with Crippen molar-refractivity contribution in [1.82, 2.24) is 10.2 Å². The number of carboxylic acid groups (broad SMARTS) is 1. The highest BCUT2D eigenvalue weighted by Crippen LogP contribution is 2.39. The minimum absolute atomic E-state index is 0.0195. The zero-order chi connectivity index (χ0) is 31.4. The van der Waals surface area contributed by atoms with Crippen molar-refractivity contribution < 1.29 is 29.3 Å². The first kappa shape index (κ1) is 32.8. The number of amides is 1. The van der Waals surface area contributed by atoms with Crippen LogP contribution in [-0.2, 0) is 32.2 Å². The van der Waals surface area contributed by atoms with E-state index in [1.54, 1.807) is 0 Å². The summed E-state index contributed by atoms with van der Waals surface area (Å²) in [5.74, 6) is -0.820. The molecule has 2 aliphatic rings. The Bertz CT molecular complexity index is 1390. The van der Waals surface area contributed by atoms with E-state index in [1.165, 1.54) is 19.3 Å². The second-order valence-electron chi connectivity index (χ2n) is 12.3. The molecule has 3 atom stereocenters. The Balaban J connectivity index is 1.25. The molecule has 45 heavy (non-hydrogen) atoms. The van der Waals surface area contributed by atoms with Gasteiger partial charge in [-0.3, -0.25) is 9.59 Å². The van der Waals surface area contributed by atoms with Gasteiger partial charge in [-0.25, -0.2) is 0 Å². The predicted molar refractivity (Wildman–Crippen MR) is 173 cm³/mol. The molecule has 8 heteroatoms. The highest BCUT2D eigenvalue weighted by Gasteiger charge is 2.33. The monoisotopic (exact) mass is 614 g/mol. The molecule has 5 rings (SSSR count). The number of carbonyl (C=O) groups is 2. The number of carboxylic acids is 1. The number of hydrogen-bond acceptors (Lipinski definition) is 6. The molecule has 3 N–H and O–H groups in total. The number of hydrogen-bond donors (Lipinski definition) is 3. The number of aliphatic carboxylic acids is 1. The minimum Gasteiger partial charge on any atom is -0.481 e. The van der Waals surface area contributed by atoms with Crippen molar-refractivity contribution in [2.24, 2.45) is 0 Å². The smallest absolute Gasteiger partial charge is 0.303 e. The summed E-state index contributed by atoms with van der Waals surface area (Å²) < 4.78 is 13.2. The fourth-order valence-corrected chi connectivity index (χ4v) is 6.22. The van der Waals surface area contributed by atoms with Crippen molar-refractivity contribution in [1.29, 1.82) is 0 Å². The number of piperidine rings is 1. The lowest BCUT2D eigenvalue weighted by molar-refractivity contribution is -0.253. The number of unbranched alkanes of at least 4 members (excludes halogenated alkanes) is 2. The van der Waals surface area contributed by atoms with Crippen LogP contribution in [0, 0.1) is 0 Å². The van der Waals surface area contributed by atoms with Crippen molar-refractivity contribution in [3.63, 3.8) is 0 Å². The normalized spacial score (nSPS) is 20.5. The largest absolute Gasteiger partial charge is 0.481 e. The molecule has 0 aliphatic carbocycles. The maximum absolute atomic E-state index is 12.3. The van der Waals surface area contributed by atoms with Gasteiger partial charge < -0.3 is 29.9 Å². The molecule has 3 aromatic carbocycles. The molecule has 240 valence electrons. The number of benzene rings is 3. The van der Waals surface area contributed by atoms with Crippen LogP contribution in [0.3, 0.4) is 0 Å². The van der Waals surface area contributed by atoms with Crippen LogP contribution in [-0.4, -0.2) is 52.7 Å². The van der Waals surface area contributed by atoms with Crippen LogP contribution in [0.2, 0.25) is 0 Å². The zero-order valence-electron chi connectivity index (χ0n) is 26.0. The van der Waals surface area contributed by atoms with Crippen LogP contribution in [0.1, 0.15) is 92.4 Å². The highest BCUT2D eigenvalue weighted by molar-refractivity contribution is 5.76. The van der Waals surface area contributed by atoms with Gasteiger partial charge in [0, 0.05) is 37.9 Å². The van der Waals surface area contributed by atoms with Gasteiger partial charge in [-0.1, -0.05) is 73.5 Å². The van der Waals surface area contributed by atoms with Gasteiger partial charge >= 0.3 is 5.97 Å². The van der Waals surface area contributed by atoms with Gasteiger partial charge in [-0.05, 0) is 78.7 Å². The van der Waals surface area contributed by atoms with Crippen molar-refractivity contribution in [3.8, 4) is 11.1 Å². The number of likely N-dealkylation sites (tertiary alicyclic amines) is 1. The molecule has 3 unspecified atom stereocenters. The van der Waals surface area contributed by atoms with Crippen LogP contribution in [0.15, 0.2) is 72.8 Å². The standard InChI is InChI=1S/C37H46N2O6/c40-26-27-15-17-29(18-16-27)34-23-33(25-39-19-5-2-6-20-39)44-37(45-34)32-12-8-11-31(22-32)30-10-7-9-28(21-30)24-38-35(41)13-3-1-4-14-36(42)43/h7-12,15-18,21-22,33-34,37,40H,1-6,13-14,19-20,23-26H2,(H,38,41)(H,42,43).